The van der Waals surface area contributed by atoms with Gasteiger partial charge in [0.2, 0.25) is 0 Å². The Hall–Kier alpha value is -3.87. The lowest BCUT2D eigenvalue weighted by atomic mass is 10.1. The van der Waals surface area contributed by atoms with Crippen LogP contribution in [0.1, 0.15) is 48.5 Å². The van der Waals surface area contributed by atoms with Gasteiger partial charge in [-0.1, -0.05) is 66.7 Å². The van der Waals surface area contributed by atoms with E-state index in [9.17, 15) is 24.0 Å². The Kier molecular flexibility index (Phi) is 14.9. The molecule has 164 valence electrons. The van der Waals surface area contributed by atoms with Crippen LogP contribution < -0.4 is 0 Å². The predicted octanol–water partition coefficient (Wildman–Crippen LogP) is 4.07. The van der Waals surface area contributed by atoms with Gasteiger partial charge in [-0.25, -0.2) is 0 Å². The van der Waals surface area contributed by atoms with E-state index in [0.29, 0.717) is 0 Å². The van der Waals surface area contributed by atoms with Crippen molar-refractivity contribution < 1.29 is 34.2 Å². The summed E-state index contributed by atoms with van der Waals surface area (Å²) in [5, 5.41) is 16.4. The lowest BCUT2D eigenvalue weighted by molar-refractivity contribution is -0.138. The summed E-state index contributed by atoms with van der Waals surface area (Å²) >= 11 is 0. The number of carboxylic acids is 2. The highest BCUT2D eigenvalue weighted by molar-refractivity contribution is 5.95. The fourth-order valence-electron chi connectivity index (χ4n) is 1.88. The Morgan fingerprint density at radius 3 is 1.52 bits per heavy atom. The second-order valence-electron chi connectivity index (χ2n) is 6.23. The van der Waals surface area contributed by atoms with Crippen LogP contribution in [0, 0.1) is 0 Å². The third-order valence-corrected chi connectivity index (χ3v) is 3.47. The highest BCUT2D eigenvalue weighted by Gasteiger charge is 2.01. The normalized spacial score (nSPS) is 9.45. The molecular formula is C24H26O7. The molecule has 0 radical (unpaired) electrons. The van der Waals surface area contributed by atoms with Gasteiger partial charge in [0.1, 0.15) is 12.1 Å². The molecule has 0 bridgehead atoms. The number of allylic oxidation sites excluding steroid dienone is 1. The third kappa shape index (κ3) is 17.9. The van der Waals surface area contributed by atoms with E-state index in [1.54, 1.807) is 18.2 Å². The first-order valence-electron chi connectivity index (χ1n) is 9.43. The molecule has 0 heterocycles. The maximum Gasteiger partial charge on any atom is 0.303 e. The molecule has 0 fully saturated rings. The van der Waals surface area contributed by atoms with Crippen LogP contribution in [0.3, 0.4) is 0 Å². The molecule has 7 heteroatoms. The van der Waals surface area contributed by atoms with E-state index in [0.717, 1.165) is 17.4 Å². The van der Waals surface area contributed by atoms with Crippen molar-refractivity contribution in [2.75, 3.05) is 0 Å². The van der Waals surface area contributed by atoms with Gasteiger partial charge >= 0.3 is 11.9 Å². The number of carbonyl (C=O) groups is 5. The number of benzene rings is 2. The van der Waals surface area contributed by atoms with Gasteiger partial charge in [-0.2, -0.15) is 0 Å². The quantitative estimate of drug-likeness (QED) is 0.457. The molecule has 0 saturated heterocycles. The topological polar surface area (TPSA) is 126 Å². The zero-order valence-electron chi connectivity index (χ0n) is 17.3. The third-order valence-electron chi connectivity index (χ3n) is 3.47. The zero-order chi connectivity index (χ0) is 23.5. The first kappa shape index (κ1) is 27.1. The smallest absolute Gasteiger partial charge is 0.303 e. The second-order valence-corrected chi connectivity index (χ2v) is 6.23. The number of carbonyl (C=O) groups excluding carboxylic acids is 3. The molecule has 0 aliphatic heterocycles. The van der Waals surface area contributed by atoms with Gasteiger partial charge in [0.25, 0.3) is 0 Å². The number of Topliss-reactive ketones (excluding diaryl/α,β-unsaturated/α-hetero) is 1. The molecule has 2 aromatic carbocycles. The molecule has 0 unspecified atom stereocenters. The predicted molar refractivity (Wildman–Crippen MR) is 117 cm³/mol. The van der Waals surface area contributed by atoms with E-state index in [1.165, 1.54) is 13.0 Å². The number of hydrogen-bond acceptors (Lipinski definition) is 5. The van der Waals surface area contributed by atoms with Gasteiger partial charge in [0, 0.05) is 18.4 Å². The highest BCUT2D eigenvalue weighted by Crippen LogP contribution is 2.02. The highest BCUT2D eigenvalue weighted by atomic mass is 16.4. The van der Waals surface area contributed by atoms with Crippen LogP contribution in [-0.2, 0) is 19.2 Å². The standard InChI is InChI=1S/C12H12O3.C7H6O.C5H8O3/c13-11(8-9-12(14)15)7-6-10-4-2-1-3-5-10;8-6-7-4-2-1-3-5-7;1-4(6)2-3-5(7)8/h1-7H,8-9H2,(H,14,15);1-6H;2-3H2,1H3,(H,7,8)/b7-6+;;. The van der Waals surface area contributed by atoms with Gasteiger partial charge in [-0.15, -0.1) is 0 Å². The number of aldehydes is 1. The minimum Gasteiger partial charge on any atom is -0.481 e. The van der Waals surface area contributed by atoms with Crippen LogP contribution in [0.25, 0.3) is 6.08 Å². The lowest BCUT2D eigenvalue weighted by Gasteiger charge is -1.92. The number of hydrogen-bond donors (Lipinski definition) is 2. The Bertz CT molecular complexity index is 842. The summed E-state index contributed by atoms with van der Waals surface area (Å²) in [7, 11) is 0. The van der Waals surface area contributed by atoms with Crippen LogP contribution in [0.4, 0.5) is 0 Å². The minimum absolute atomic E-state index is 0.0463. The van der Waals surface area contributed by atoms with E-state index < -0.39 is 11.9 Å². The van der Waals surface area contributed by atoms with Crippen molar-refractivity contribution in [2.45, 2.75) is 32.6 Å². The molecule has 0 spiro atoms. The van der Waals surface area contributed by atoms with E-state index in [4.69, 9.17) is 10.2 Å². The summed E-state index contributed by atoms with van der Waals surface area (Å²) in [6.45, 7) is 1.38. The van der Waals surface area contributed by atoms with Crippen molar-refractivity contribution in [1.82, 2.24) is 0 Å². The fourth-order valence-corrected chi connectivity index (χ4v) is 1.88. The van der Waals surface area contributed by atoms with Gasteiger partial charge < -0.3 is 15.0 Å². The molecule has 7 nitrogen and oxygen atoms in total. The van der Waals surface area contributed by atoms with Crippen LogP contribution in [-0.4, -0.2) is 40.0 Å². The number of aliphatic carboxylic acids is 2. The fraction of sp³-hybridized carbons (Fsp3) is 0.208. The van der Waals surface area contributed by atoms with Crippen molar-refractivity contribution >= 4 is 35.9 Å². The summed E-state index contributed by atoms with van der Waals surface area (Å²) in [5.41, 5.74) is 1.66. The van der Waals surface area contributed by atoms with Crippen molar-refractivity contribution in [3.63, 3.8) is 0 Å². The summed E-state index contributed by atoms with van der Waals surface area (Å²) in [6.07, 6.45) is 3.98. The molecule has 2 N–H and O–H groups in total. The van der Waals surface area contributed by atoms with Gasteiger partial charge in [0.15, 0.2) is 5.78 Å². The molecule has 0 saturated carbocycles. The van der Waals surface area contributed by atoms with Crippen molar-refractivity contribution in [1.29, 1.82) is 0 Å². The van der Waals surface area contributed by atoms with Crippen LogP contribution in [0.15, 0.2) is 66.7 Å². The average Bonchev–Trinajstić information content (AvgIpc) is 2.77. The summed E-state index contributed by atoms with van der Waals surface area (Å²) in [4.78, 5) is 51.2. The molecule has 0 atom stereocenters. The Morgan fingerprint density at radius 1 is 0.710 bits per heavy atom. The Balaban J connectivity index is 0.000000477. The molecule has 2 aromatic rings. The van der Waals surface area contributed by atoms with E-state index in [2.05, 4.69) is 0 Å². The summed E-state index contributed by atoms with van der Waals surface area (Å²) in [6, 6.07) is 18.5. The lowest BCUT2D eigenvalue weighted by Crippen LogP contribution is -1.99. The van der Waals surface area contributed by atoms with E-state index in [-0.39, 0.29) is 37.2 Å². The minimum atomic E-state index is -0.948. The number of ketones is 2. The Morgan fingerprint density at radius 2 is 1.16 bits per heavy atom. The first-order chi connectivity index (χ1) is 14.7. The maximum atomic E-state index is 11.2. The molecule has 0 aliphatic carbocycles. The van der Waals surface area contributed by atoms with Gasteiger partial charge in [-0.05, 0) is 18.6 Å². The van der Waals surface area contributed by atoms with E-state index >= 15 is 0 Å². The average molecular weight is 426 g/mol. The molecule has 0 amide bonds. The summed E-state index contributed by atoms with van der Waals surface area (Å²) < 4.78 is 0. The Labute approximate surface area is 181 Å². The molecule has 0 aromatic heterocycles. The summed E-state index contributed by atoms with van der Waals surface area (Å²) in [5.74, 6) is -2.11. The molecular weight excluding hydrogens is 400 g/mol. The van der Waals surface area contributed by atoms with Crippen molar-refractivity contribution in [2.24, 2.45) is 0 Å². The van der Waals surface area contributed by atoms with Crippen LogP contribution >= 0.6 is 0 Å². The van der Waals surface area contributed by atoms with Crippen molar-refractivity contribution in [3.8, 4) is 0 Å². The van der Waals surface area contributed by atoms with Gasteiger partial charge in [-0.3, -0.25) is 19.2 Å². The largest absolute Gasteiger partial charge is 0.481 e. The SMILES string of the molecule is CC(=O)CCC(=O)O.O=C(O)CCC(=O)/C=C/c1ccccc1.O=Cc1ccccc1. The second kappa shape index (κ2) is 17.0. The van der Waals surface area contributed by atoms with Crippen LogP contribution in [0.2, 0.25) is 0 Å². The molecule has 0 aliphatic rings. The van der Waals surface area contributed by atoms with Gasteiger partial charge in [0.05, 0.1) is 12.8 Å². The van der Waals surface area contributed by atoms with Crippen molar-refractivity contribution in [3.05, 3.63) is 77.9 Å². The molecule has 2 rings (SSSR count). The van der Waals surface area contributed by atoms with E-state index in [1.807, 2.05) is 48.5 Å². The monoisotopic (exact) mass is 426 g/mol. The number of carboxylic acid groups (broad SMARTS) is 2. The maximum absolute atomic E-state index is 11.2. The zero-order valence-corrected chi connectivity index (χ0v) is 17.3. The number of rotatable bonds is 9. The molecule has 31 heavy (non-hydrogen) atoms. The first-order valence-corrected chi connectivity index (χ1v) is 9.43. The van der Waals surface area contributed by atoms with Crippen LogP contribution in [0.5, 0.6) is 0 Å².